The molecule has 1 aliphatic carbocycles. The number of aliphatic hydroxyl groups is 2. The lowest BCUT2D eigenvalue weighted by Crippen LogP contribution is -2.33. The van der Waals surface area contributed by atoms with Crippen LogP contribution in [-0.2, 0) is 6.42 Å². The minimum atomic E-state index is -0.153. The first kappa shape index (κ1) is 13.0. The fourth-order valence-electron chi connectivity index (χ4n) is 2.65. The van der Waals surface area contributed by atoms with Crippen LogP contribution in [0.25, 0.3) is 0 Å². The minimum absolute atomic E-state index is 0.0374. The first-order valence-electron chi connectivity index (χ1n) is 6.33. The Morgan fingerprint density at radius 3 is 2.71 bits per heavy atom. The minimum Gasteiger partial charge on any atom is -0.396 e. The van der Waals surface area contributed by atoms with E-state index in [4.69, 9.17) is 0 Å². The largest absolute Gasteiger partial charge is 0.396 e. The zero-order chi connectivity index (χ0) is 12.3. The zero-order valence-electron chi connectivity index (χ0n) is 10.4. The predicted octanol–water partition coefficient (Wildman–Crippen LogP) is 2.30. The van der Waals surface area contributed by atoms with Crippen LogP contribution in [0.4, 0.5) is 0 Å². The van der Waals surface area contributed by atoms with Gasteiger partial charge in [0.2, 0.25) is 0 Å². The Bertz CT molecular complexity index is 356. The van der Waals surface area contributed by atoms with Gasteiger partial charge < -0.3 is 10.2 Å². The SMILES string of the molecule is Cc1ncsc1CCC1(CO)CCC(O)CC1. The lowest BCUT2D eigenvalue weighted by Gasteiger charge is -2.37. The molecule has 0 radical (unpaired) electrons. The van der Waals surface area contributed by atoms with Crippen LogP contribution in [0.15, 0.2) is 5.51 Å². The van der Waals surface area contributed by atoms with Crippen LogP contribution in [0.1, 0.15) is 42.7 Å². The van der Waals surface area contributed by atoms with E-state index in [0.717, 1.165) is 44.2 Å². The second kappa shape index (κ2) is 5.46. The summed E-state index contributed by atoms with van der Waals surface area (Å²) < 4.78 is 0. The highest BCUT2D eigenvalue weighted by Crippen LogP contribution is 2.40. The zero-order valence-corrected chi connectivity index (χ0v) is 11.2. The molecule has 1 fully saturated rings. The fourth-order valence-corrected chi connectivity index (χ4v) is 3.43. The summed E-state index contributed by atoms with van der Waals surface area (Å²) in [4.78, 5) is 5.59. The van der Waals surface area contributed by atoms with Crippen LogP contribution in [0, 0.1) is 12.3 Å². The molecule has 1 heterocycles. The van der Waals surface area contributed by atoms with Crippen LogP contribution >= 0.6 is 11.3 Å². The maximum absolute atomic E-state index is 9.63. The third-order valence-corrected chi connectivity index (χ3v) is 5.07. The smallest absolute Gasteiger partial charge is 0.0797 e. The molecule has 0 atom stereocenters. The monoisotopic (exact) mass is 255 g/mol. The molecule has 1 aromatic heterocycles. The van der Waals surface area contributed by atoms with Crippen molar-refractivity contribution in [3.05, 3.63) is 16.1 Å². The normalized spacial score (nSPS) is 29.5. The summed E-state index contributed by atoms with van der Waals surface area (Å²) in [7, 11) is 0. The van der Waals surface area contributed by atoms with Gasteiger partial charge in [-0.2, -0.15) is 0 Å². The van der Waals surface area contributed by atoms with Gasteiger partial charge in [-0.05, 0) is 50.9 Å². The Morgan fingerprint density at radius 1 is 1.47 bits per heavy atom. The summed E-state index contributed by atoms with van der Waals surface area (Å²) in [5.41, 5.74) is 3.05. The molecule has 2 rings (SSSR count). The Balaban J connectivity index is 1.94. The van der Waals surface area contributed by atoms with E-state index in [9.17, 15) is 10.2 Å². The number of hydrogen-bond acceptors (Lipinski definition) is 4. The van der Waals surface area contributed by atoms with Crippen molar-refractivity contribution in [3.8, 4) is 0 Å². The number of nitrogens with zero attached hydrogens (tertiary/aromatic N) is 1. The molecule has 96 valence electrons. The molecule has 0 amide bonds. The van der Waals surface area contributed by atoms with Crippen LogP contribution in [0.5, 0.6) is 0 Å². The molecule has 0 aromatic carbocycles. The molecule has 1 aromatic rings. The highest BCUT2D eigenvalue weighted by Gasteiger charge is 2.34. The van der Waals surface area contributed by atoms with Crippen LogP contribution in [0.2, 0.25) is 0 Å². The quantitative estimate of drug-likeness (QED) is 0.868. The van der Waals surface area contributed by atoms with Gasteiger partial charge in [-0.3, -0.25) is 0 Å². The van der Waals surface area contributed by atoms with E-state index in [2.05, 4.69) is 4.98 Å². The first-order valence-corrected chi connectivity index (χ1v) is 7.21. The standard InChI is InChI=1S/C13H21NO2S/c1-10-12(17-9-14-10)4-7-13(8-15)5-2-11(16)3-6-13/h9,11,15-16H,2-8H2,1H3. The molecule has 2 N–H and O–H groups in total. The van der Waals surface area contributed by atoms with E-state index in [1.54, 1.807) is 11.3 Å². The summed E-state index contributed by atoms with van der Waals surface area (Å²) >= 11 is 1.71. The van der Waals surface area contributed by atoms with Gasteiger partial charge in [-0.1, -0.05) is 0 Å². The molecule has 0 aliphatic heterocycles. The Kier molecular flexibility index (Phi) is 4.17. The summed E-state index contributed by atoms with van der Waals surface area (Å²) in [5.74, 6) is 0. The molecule has 0 bridgehead atoms. The van der Waals surface area contributed by atoms with Crippen LogP contribution < -0.4 is 0 Å². The maximum atomic E-state index is 9.63. The van der Waals surface area contributed by atoms with E-state index in [1.807, 2.05) is 12.4 Å². The van der Waals surface area contributed by atoms with Gasteiger partial charge in [0.05, 0.1) is 17.3 Å². The van der Waals surface area contributed by atoms with Crippen molar-refractivity contribution in [2.75, 3.05) is 6.61 Å². The van der Waals surface area contributed by atoms with E-state index in [-0.39, 0.29) is 18.1 Å². The number of aromatic nitrogens is 1. The van der Waals surface area contributed by atoms with E-state index in [1.165, 1.54) is 4.88 Å². The Hall–Kier alpha value is -0.450. The lowest BCUT2D eigenvalue weighted by molar-refractivity contribution is 0.0189. The van der Waals surface area contributed by atoms with E-state index in [0.29, 0.717) is 0 Å². The van der Waals surface area contributed by atoms with Crippen molar-refractivity contribution in [1.29, 1.82) is 0 Å². The number of aliphatic hydroxyl groups excluding tert-OH is 2. The maximum Gasteiger partial charge on any atom is 0.0797 e. The van der Waals surface area contributed by atoms with E-state index < -0.39 is 0 Å². The average Bonchev–Trinajstić information content (AvgIpc) is 2.75. The predicted molar refractivity (Wildman–Crippen MR) is 69.2 cm³/mol. The molecular formula is C13H21NO2S. The molecule has 17 heavy (non-hydrogen) atoms. The molecule has 1 aliphatic rings. The van der Waals surface area contributed by atoms with Crippen molar-refractivity contribution in [3.63, 3.8) is 0 Å². The molecule has 0 unspecified atom stereocenters. The molecule has 0 spiro atoms. The van der Waals surface area contributed by atoms with Gasteiger partial charge in [-0.25, -0.2) is 4.98 Å². The summed E-state index contributed by atoms with van der Waals surface area (Å²) in [6, 6.07) is 0. The second-order valence-electron chi connectivity index (χ2n) is 5.25. The van der Waals surface area contributed by atoms with E-state index >= 15 is 0 Å². The second-order valence-corrected chi connectivity index (χ2v) is 6.19. The third kappa shape index (κ3) is 3.06. The molecule has 0 saturated heterocycles. The summed E-state index contributed by atoms with van der Waals surface area (Å²) in [6.07, 6.45) is 5.43. The topological polar surface area (TPSA) is 53.4 Å². The van der Waals surface area contributed by atoms with Crippen molar-refractivity contribution in [1.82, 2.24) is 4.98 Å². The summed E-state index contributed by atoms with van der Waals surface area (Å²) in [5, 5.41) is 19.2. The van der Waals surface area contributed by atoms with Gasteiger partial charge in [0.25, 0.3) is 0 Å². The Labute approximate surface area is 107 Å². The van der Waals surface area contributed by atoms with Gasteiger partial charge >= 0.3 is 0 Å². The highest BCUT2D eigenvalue weighted by molar-refractivity contribution is 7.09. The highest BCUT2D eigenvalue weighted by atomic mass is 32.1. The van der Waals surface area contributed by atoms with Gasteiger partial charge in [-0.15, -0.1) is 11.3 Å². The average molecular weight is 255 g/mol. The van der Waals surface area contributed by atoms with Crippen LogP contribution in [-0.4, -0.2) is 27.9 Å². The number of rotatable bonds is 4. The molecule has 3 nitrogen and oxygen atoms in total. The number of aryl methyl sites for hydroxylation is 2. The first-order chi connectivity index (χ1) is 8.15. The number of hydrogen-bond donors (Lipinski definition) is 2. The molecule has 1 saturated carbocycles. The molecule has 4 heteroatoms. The van der Waals surface area contributed by atoms with Crippen molar-refractivity contribution in [2.45, 2.75) is 51.6 Å². The van der Waals surface area contributed by atoms with Crippen molar-refractivity contribution >= 4 is 11.3 Å². The van der Waals surface area contributed by atoms with Gasteiger partial charge in [0.1, 0.15) is 0 Å². The molecular weight excluding hydrogens is 234 g/mol. The number of thiazole rings is 1. The third-order valence-electron chi connectivity index (χ3n) is 4.08. The van der Waals surface area contributed by atoms with Gasteiger partial charge in [0, 0.05) is 11.5 Å². The van der Waals surface area contributed by atoms with Crippen molar-refractivity contribution < 1.29 is 10.2 Å². The summed E-state index contributed by atoms with van der Waals surface area (Å²) in [6.45, 7) is 2.29. The van der Waals surface area contributed by atoms with Gasteiger partial charge in [0.15, 0.2) is 0 Å². The fraction of sp³-hybridized carbons (Fsp3) is 0.769. The van der Waals surface area contributed by atoms with Crippen molar-refractivity contribution in [2.24, 2.45) is 5.41 Å². The Morgan fingerprint density at radius 2 is 2.18 bits per heavy atom. The lowest BCUT2D eigenvalue weighted by atomic mass is 9.71. The van der Waals surface area contributed by atoms with Crippen LogP contribution in [0.3, 0.4) is 0 Å².